The van der Waals surface area contributed by atoms with Crippen LogP contribution in [0, 0.1) is 0 Å². The number of nitrogens with two attached hydrogens (primary N) is 1. The zero-order chi connectivity index (χ0) is 20.2. The van der Waals surface area contributed by atoms with Crippen LogP contribution in [0.25, 0.3) is 21.0 Å². The maximum absolute atomic E-state index is 13.0. The van der Waals surface area contributed by atoms with Crippen LogP contribution in [-0.2, 0) is 11.3 Å². The van der Waals surface area contributed by atoms with Crippen LogP contribution < -0.4 is 5.73 Å². The van der Waals surface area contributed by atoms with E-state index in [0.717, 1.165) is 20.8 Å². The first-order valence-corrected chi connectivity index (χ1v) is 9.99. The number of fused-ring (bicyclic) bond motifs is 1. The summed E-state index contributed by atoms with van der Waals surface area (Å²) in [4.78, 5) is 30.4. The van der Waals surface area contributed by atoms with Crippen molar-refractivity contribution < 1.29 is 14.0 Å². The number of hydrogen-bond donors (Lipinski definition) is 1. The minimum Gasteiger partial charge on any atom is -0.448 e. The van der Waals surface area contributed by atoms with Crippen LogP contribution in [0.4, 0.5) is 0 Å². The number of carbonyl (C=O) groups excluding carboxylic acids is 2. The van der Waals surface area contributed by atoms with Crippen LogP contribution in [0.3, 0.4) is 0 Å². The molecule has 0 aliphatic rings. The zero-order valence-corrected chi connectivity index (χ0v) is 16.4. The molecule has 146 valence electrons. The first kappa shape index (κ1) is 18.9. The van der Waals surface area contributed by atoms with Gasteiger partial charge in [-0.05, 0) is 29.8 Å². The molecular weight excluding hydrogens is 386 g/mol. The van der Waals surface area contributed by atoms with Gasteiger partial charge in [0.15, 0.2) is 16.5 Å². The molecule has 2 amide bonds. The molecule has 0 radical (unpaired) electrons. The van der Waals surface area contributed by atoms with E-state index in [-0.39, 0.29) is 24.6 Å². The van der Waals surface area contributed by atoms with Crippen molar-refractivity contribution >= 4 is 33.4 Å². The second-order valence-electron chi connectivity index (χ2n) is 6.58. The number of aromatic nitrogens is 1. The Balaban J connectivity index is 1.57. The number of amides is 2. The summed E-state index contributed by atoms with van der Waals surface area (Å²) in [7, 11) is 0. The van der Waals surface area contributed by atoms with Crippen LogP contribution in [0.2, 0.25) is 0 Å². The largest absolute Gasteiger partial charge is 0.448 e. The highest BCUT2D eigenvalue weighted by Crippen LogP contribution is 2.31. The molecule has 0 saturated carbocycles. The molecule has 7 heteroatoms. The second kappa shape index (κ2) is 8.28. The van der Waals surface area contributed by atoms with Gasteiger partial charge >= 0.3 is 0 Å². The van der Waals surface area contributed by atoms with Crippen LogP contribution in [0.5, 0.6) is 0 Å². The Kier molecular flexibility index (Phi) is 5.39. The average molecular weight is 405 g/mol. The number of nitrogens with zero attached hydrogens (tertiary/aromatic N) is 2. The highest BCUT2D eigenvalue weighted by Gasteiger charge is 2.21. The molecule has 2 heterocycles. The van der Waals surface area contributed by atoms with Crippen molar-refractivity contribution in [2.45, 2.75) is 13.0 Å². The fourth-order valence-corrected chi connectivity index (χ4v) is 3.93. The first-order valence-electron chi connectivity index (χ1n) is 9.17. The van der Waals surface area contributed by atoms with Gasteiger partial charge in [0.1, 0.15) is 0 Å². The Morgan fingerprint density at radius 2 is 1.76 bits per heavy atom. The first-order chi connectivity index (χ1) is 14.1. The lowest BCUT2D eigenvalue weighted by molar-refractivity contribution is -0.118. The number of hydrogen-bond acceptors (Lipinski definition) is 5. The SMILES string of the molecule is NC(=O)CCN(Cc1ccccc1)C(=O)c1ccc(-c2nc3ccccc3s2)o1. The number of thiazole rings is 1. The molecule has 0 aliphatic carbocycles. The van der Waals surface area contributed by atoms with E-state index in [1.807, 2.05) is 54.6 Å². The Hall–Kier alpha value is -3.45. The number of primary amides is 1. The summed E-state index contributed by atoms with van der Waals surface area (Å²) >= 11 is 1.51. The zero-order valence-electron chi connectivity index (χ0n) is 15.6. The van der Waals surface area contributed by atoms with Gasteiger partial charge in [-0.25, -0.2) is 4.98 Å². The third-order valence-corrected chi connectivity index (χ3v) is 5.50. The Morgan fingerprint density at radius 3 is 2.52 bits per heavy atom. The van der Waals surface area contributed by atoms with Gasteiger partial charge in [0, 0.05) is 19.5 Å². The molecular formula is C22H19N3O3S. The molecule has 0 saturated heterocycles. The van der Waals surface area contributed by atoms with Crippen LogP contribution >= 0.6 is 11.3 Å². The van der Waals surface area contributed by atoms with Crippen molar-refractivity contribution in [2.75, 3.05) is 6.54 Å². The van der Waals surface area contributed by atoms with Crippen LogP contribution in [0.15, 0.2) is 71.1 Å². The van der Waals surface area contributed by atoms with E-state index in [4.69, 9.17) is 10.2 Å². The molecule has 6 nitrogen and oxygen atoms in total. The van der Waals surface area contributed by atoms with Gasteiger partial charge in [-0.2, -0.15) is 0 Å². The lowest BCUT2D eigenvalue weighted by Crippen LogP contribution is -2.33. The summed E-state index contributed by atoms with van der Waals surface area (Å²) in [5.41, 5.74) is 7.14. The highest BCUT2D eigenvalue weighted by molar-refractivity contribution is 7.21. The minimum atomic E-state index is -0.453. The molecule has 4 rings (SSSR count). The number of para-hydroxylation sites is 1. The molecule has 0 atom stereocenters. The molecule has 0 spiro atoms. The van der Waals surface area contributed by atoms with E-state index in [1.54, 1.807) is 17.0 Å². The molecule has 29 heavy (non-hydrogen) atoms. The van der Waals surface area contributed by atoms with Crippen molar-refractivity contribution in [2.24, 2.45) is 5.73 Å². The van der Waals surface area contributed by atoms with Gasteiger partial charge in [0.2, 0.25) is 5.91 Å². The standard InChI is InChI=1S/C22H19N3O3S/c23-20(26)12-13-25(14-15-6-2-1-3-7-15)22(27)18-11-10-17(28-18)21-24-16-8-4-5-9-19(16)29-21/h1-11H,12-14H2,(H2,23,26). The number of benzene rings is 2. The molecule has 0 bridgehead atoms. The van der Waals surface area contributed by atoms with Gasteiger partial charge in [-0.3, -0.25) is 9.59 Å². The molecule has 0 fully saturated rings. The monoisotopic (exact) mass is 405 g/mol. The second-order valence-corrected chi connectivity index (χ2v) is 7.61. The average Bonchev–Trinajstić information content (AvgIpc) is 3.38. The van der Waals surface area contributed by atoms with Crippen LogP contribution in [0.1, 0.15) is 22.5 Å². The maximum atomic E-state index is 13.0. The molecule has 0 aliphatic heterocycles. The van der Waals surface area contributed by atoms with Crippen molar-refractivity contribution in [3.63, 3.8) is 0 Å². The molecule has 2 N–H and O–H groups in total. The Morgan fingerprint density at radius 1 is 1.00 bits per heavy atom. The predicted octanol–water partition coefficient (Wildman–Crippen LogP) is 4.07. The fraction of sp³-hybridized carbons (Fsp3) is 0.136. The van der Waals surface area contributed by atoms with Crippen LogP contribution in [-0.4, -0.2) is 28.2 Å². The summed E-state index contributed by atoms with van der Waals surface area (Å²) < 4.78 is 6.88. The van der Waals surface area contributed by atoms with Gasteiger partial charge in [0.25, 0.3) is 5.91 Å². The predicted molar refractivity (Wildman–Crippen MR) is 112 cm³/mol. The summed E-state index contributed by atoms with van der Waals surface area (Å²) in [5, 5.41) is 0.719. The van der Waals surface area contributed by atoms with E-state index < -0.39 is 5.91 Å². The molecule has 0 unspecified atom stereocenters. The minimum absolute atomic E-state index is 0.0873. The van der Waals surface area contributed by atoms with Gasteiger partial charge in [0.05, 0.1) is 10.2 Å². The van der Waals surface area contributed by atoms with Gasteiger partial charge in [-0.1, -0.05) is 42.5 Å². The molecule has 2 aromatic carbocycles. The van der Waals surface area contributed by atoms with Crippen molar-refractivity contribution in [3.05, 3.63) is 78.1 Å². The summed E-state index contributed by atoms with van der Waals surface area (Å²) in [6, 6.07) is 20.8. The smallest absolute Gasteiger partial charge is 0.289 e. The lowest BCUT2D eigenvalue weighted by Gasteiger charge is -2.21. The summed E-state index contributed by atoms with van der Waals surface area (Å²) in [6.07, 6.45) is 0.0873. The molecule has 2 aromatic heterocycles. The van der Waals surface area contributed by atoms with Crippen molar-refractivity contribution in [3.8, 4) is 10.8 Å². The third kappa shape index (κ3) is 4.35. The molecule has 4 aromatic rings. The Bertz CT molecular complexity index is 1120. The quantitative estimate of drug-likeness (QED) is 0.502. The third-order valence-electron chi connectivity index (χ3n) is 4.45. The highest BCUT2D eigenvalue weighted by atomic mass is 32.1. The van der Waals surface area contributed by atoms with Gasteiger partial charge in [-0.15, -0.1) is 11.3 Å². The lowest BCUT2D eigenvalue weighted by atomic mass is 10.2. The number of furan rings is 1. The fourth-order valence-electron chi connectivity index (χ4n) is 3.00. The summed E-state index contributed by atoms with van der Waals surface area (Å²) in [6.45, 7) is 0.588. The number of carbonyl (C=O) groups is 2. The number of rotatable bonds is 7. The van der Waals surface area contributed by atoms with E-state index in [0.29, 0.717) is 12.3 Å². The van der Waals surface area contributed by atoms with Gasteiger partial charge < -0.3 is 15.1 Å². The Labute approximate surface area is 171 Å². The van der Waals surface area contributed by atoms with E-state index in [9.17, 15) is 9.59 Å². The van der Waals surface area contributed by atoms with Crippen molar-refractivity contribution in [1.29, 1.82) is 0 Å². The van der Waals surface area contributed by atoms with E-state index in [2.05, 4.69) is 4.98 Å². The van der Waals surface area contributed by atoms with E-state index >= 15 is 0 Å². The van der Waals surface area contributed by atoms with Crippen molar-refractivity contribution in [1.82, 2.24) is 9.88 Å². The summed E-state index contributed by atoms with van der Waals surface area (Å²) in [5.74, 6) is 0.0108. The normalized spacial score (nSPS) is 10.9. The maximum Gasteiger partial charge on any atom is 0.289 e. The topological polar surface area (TPSA) is 89.4 Å². The van der Waals surface area contributed by atoms with E-state index in [1.165, 1.54) is 11.3 Å².